The Morgan fingerprint density at radius 1 is 1.00 bits per heavy atom. The van der Waals surface area contributed by atoms with Gasteiger partial charge in [-0.15, -0.1) is 11.3 Å². The van der Waals surface area contributed by atoms with Crippen LogP contribution in [-0.4, -0.2) is 39.7 Å². The van der Waals surface area contributed by atoms with Crippen LogP contribution < -0.4 is 10.6 Å². The number of hydrogen-bond acceptors (Lipinski definition) is 4. The van der Waals surface area contributed by atoms with Gasteiger partial charge >= 0.3 is 6.03 Å². The van der Waals surface area contributed by atoms with Crippen LogP contribution in [0.15, 0.2) is 30.3 Å². The molecule has 0 saturated carbocycles. The van der Waals surface area contributed by atoms with Gasteiger partial charge < -0.3 is 15.5 Å². The lowest BCUT2D eigenvalue weighted by molar-refractivity contribution is 0.103. The van der Waals surface area contributed by atoms with Gasteiger partial charge in [0.15, 0.2) is 0 Å². The number of nitrogens with one attached hydrogen (secondary N) is 2. The Bertz CT molecular complexity index is 995. The van der Waals surface area contributed by atoms with Crippen LogP contribution >= 0.6 is 11.3 Å². The van der Waals surface area contributed by atoms with E-state index in [4.69, 9.17) is 0 Å². The smallest absolute Gasteiger partial charge is 0.321 e. The molecule has 1 fully saturated rings. The summed E-state index contributed by atoms with van der Waals surface area (Å²) in [6.45, 7) is 3.56. The van der Waals surface area contributed by atoms with E-state index in [9.17, 15) is 9.59 Å². The highest BCUT2D eigenvalue weighted by Crippen LogP contribution is 2.28. The van der Waals surface area contributed by atoms with E-state index in [-0.39, 0.29) is 11.9 Å². The van der Waals surface area contributed by atoms with Crippen LogP contribution in [0.5, 0.6) is 0 Å². The summed E-state index contributed by atoms with van der Waals surface area (Å²) in [6, 6.07) is 9.05. The Morgan fingerprint density at radius 3 is 2.24 bits per heavy atom. The molecule has 29 heavy (non-hydrogen) atoms. The van der Waals surface area contributed by atoms with E-state index in [1.165, 1.54) is 24.2 Å². The van der Waals surface area contributed by atoms with E-state index in [2.05, 4.69) is 15.7 Å². The summed E-state index contributed by atoms with van der Waals surface area (Å²) in [4.78, 5) is 28.5. The SMILES string of the molecule is Cc1nn(C)c2sc(C(=O)Nc3ccc(NC(=O)N4CCCCCC4)cc3)cc12. The van der Waals surface area contributed by atoms with E-state index in [0.717, 1.165) is 47.5 Å². The van der Waals surface area contributed by atoms with Gasteiger partial charge in [0.1, 0.15) is 4.83 Å². The summed E-state index contributed by atoms with van der Waals surface area (Å²) in [6.07, 6.45) is 4.50. The molecule has 0 radical (unpaired) electrons. The molecule has 0 spiro atoms. The Labute approximate surface area is 173 Å². The molecule has 1 aliphatic rings. The van der Waals surface area contributed by atoms with E-state index >= 15 is 0 Å². The van der Waals surface area contributed by atoms with Gasteiger partial charge in [-0.1, -0.05) is 12.8 Å². The number of hydrogen-bond donors (Lipinski definition) is 2. The number of anilines is 2. The number of likely N-dealkylation sites (tertiary alicyclic amines) is 1. The number of carbonyl (C=O) groups excluding carboxylic acids is 2. The number of urea groups is 1. The van der Waals surface area contributed by atoms with Gasteiger partial charge in [0.2, 0.25) is 0 Å². The molecule has 3 aromatic rings. The van der Waals surface area contributed by atoms with Crippen molar-refractivity contribution in [3.8, 4) is 0 Å². The van der Waals surface area contributed by atoms with Crippen LogP contribution in [-0.2, 0) is 7.05 Å². The second-order valence-corrected chi connectivity index (χ2v) is 8.43. The first kappa shape index (κ1) is 19.4. The zero-order valence-electron chi connectivity index (χ0n) is 16.7. The Morgan fingerprint density at radius 2 is 1.62 bits per heavy atom. The number of amides is 3. The Hall–Kier alpha value is -2.87. The fourth-order valence-corrected chi connectivity index (χ4v) is 4.64. The Kier molecular flexibility index (Phi) is 5.53. The summed E-state index contributed by atoms with van der Waals surface area (Å²) in [5, 5.41) is 11.2. The fourth-order valence-electron chi connectivity index (χ4n) is 3.62. The van der Waals surface area contributed by atoms with Crippen LogP contribution in [0.3, 0.4) is 0 Å². The summed E-state index contributed by atoms with van der Waals surface area (Å²) in [7, 11) is 1.88. The minimum Gasteiger partial charge on any atom is -0.325 e. The van der Waals surface area contributed by atoms with E-state index in [1.807, 2.05) is 37.1 Å². The number of aryl methyl sites for hydroxylation is 2. The number of nitrogens with zero attached hydrogens (tertiary/aromatic N) is 3. The molecule has 0 atom stereocenters. The van der Waals surface area contributed by atoms with Gasteiger partial charge in [-0.3, -0.25) is 9.48 Å². The molecule has 152 valence electrons. The number of aromatic nitrogens is 2. The minimum atomic E-state index is -0.146. The van der Waals surface area contributed by atoms with Crippen molar-refractivity contribution in [2.75, 3.05) is 23.7 Å². The summed E-state index contributed by atoms with van der Waals surface area (Å²) < 4.78 is 1.80. The first-order valence-electron chi connectivity index (χ1n) is 9.92. The van der Waals surface area contributed by atoms with Crippen molar-refractivity contribution >= 4 is 44.9 Å². The fraction of sp³-hybridized carbons (Fsp3) is 0.381. The molecule has 7 nitrogen and oxygen atoms in total. The molecule has 0 unspecified atom stereocenters. The zero-order chi connectivity index (χ0) is 20.4. The van der Waals surface area contributed by atoms with Crippen LogP contribution in [0.2, 0.25) is 0 Å². The van der Waals surface area contributed by atoms with E-state index in [1.54, 1.807) is 16.8 Å². The molecule has 4 rings (SSSR count). The first-order chi connectivity index (χ1) is 14.0. The third-order valence-electron chi connectivity index (χ3n) is 5.21. The van der Waals surface area contributed by atoms with Crippen molar-refractivity contribution in [1.29, 1.82) is 0 Å². The van der Waals surface area contributed by atoms with Crippen molar-refractivity contribution in [1.82, 2.24) is 14.7 Å². The molecule has 3 heterocycles. The first-order valence-corrected chi connectivity index (χ1v) is 10.7. The predicted molar refractivity (Wildman–Crippen MR) is 117 cm³/mol. The summed E-state index contributed by atoms with van der Waals surface area (Å²) in [5.41, 5.74) is 2.33. The van der Waals surface area contributed by atoms with Crippen molar-refractivity contribution < 1.29 is 9.59 Å². The van der Waals surface area contributed by atoms with Crippen LogP contribution in [0.25, 0.3) is 10.2 Å². The number of benzene rings is 1. The topological polar surface area (TPSA) is 79.3 Å². The maximum Gasteiger partial charge on any atom is 0.321 e. The average molecular weight is 412 g/mol. The highest BCUT2D eigenvalue weighted by atomic mass is 32.1. The Balaban J connectivity index is 1.38. The third-order valence-corrected chi connectivity index (χ3v) is 6.41. The number of rotatable bonds is 3. The molecule has 1 aliphatic heterocycles. The average Bonchev–Trinajstić information content (AvgIpc) is 3.12. The second-order valence-electron chi connectivity index (χ2n) is 7.40. The monoisotopic (exact) mass is 411 g/mol. The largest absolute Gasteiger partial charge is 0.325 e. The predicted octanol–water partition coefficient (Wildman–Crippen LogP) is 4.60. The van der Waals surface area contributed by atoms with E-state index < -0.39 is 0 Å². The normalized spacial score (nSPS) is 14.6. The van der Waals surface area contributed by atoms with Crippen molar-refractivity contribution in [3.63, 3.8) is 0 Å². The summed E-state index contributed by atoms with van der Waals surface area (Å²) in [5.74, 6) is -0.146. The molecule has 8 heteroatoms. The molecular formula is C21H25N5O2S. The van der Waals surface area contributed by atoms with Gasteiger partial charge in [0.05, 0.1) is 10.6 Å². The lowest BCUT2D eigenvalue weighted by Crippen LogP contribution is -2.35. The van der Waals surface area contributed by atoms with E-state index in [0.29, 0.717) is 10.6 Å². The van der Waals surface area contributed by atoms with Crippen LogP contribution in [0.1, 0.15) is 41.0 Å². The number of fused-ring (bicyclic) bond motifs is 1. The lowest BCUT2D eigenvalue weighted by Gasteiger charge is -2.20. The number of carbonyl (C=O) groups is 2. The van der Waals surface area contributed by atoms with Crippen molar-refractivity contribution in [2.45, 2.75) is 32.6 Å². The molecule has 0 bridgehead atoms. The van der Waals surface area contributed by atoms with Gasteiger partial charge in [0, 0.05) is 36.9 Å². The number of thiophene rings is 1. The molecule has 0 aliphatic carbocycles. The van der Waals surface area contributed by atoms with Gasteiger partial charge in [-0.05, 0) is 50.1 Å². The van der Waals surface area contributed by atoms with Crippen LogP contribution in [0.4, 0.5) is 16.2 Å². The minimum absolute atomic E-state index is 0.0575. The lowest BCUT2D eigenvalue weighted by atomic mass is 10.2. The molecule has 1 aromatic carbocycles. The highest BCUT2D eigenvalue weighted by molar-refractivity contribution is 7.20. The molecule has 2 aromatic heterocycles. The quantitative estimate of drug-likeness (QED) is 0.661. The van der Waals surface area contributed by atoms with Gasteiger partial charge in [-0.2, -0.15) is 5.10 Å². The van der Waals surface area contributed by atoms with Crippen molar-refractivity contribution in [2.24, 2.45) is 7.05 Å². The molecule has 1 saturated heterocycles. The summed E-state index contributed by atoms with van der Waals surface area (Å²) >= 11 is 1.43. The molecular weight excluding hydrogens is 386 g/mol. The van der Waals surface area contributed by atoms with Gasteiger partial charge in [0.25, 0.3) is 5.91 Å². The second kappa shape index (κ2) is 8.24. The standard InChI is InChI=1S/C21H25N5O2S/c1-14-17-13-18(29-20(17)25(2)24-14)19(27)22-15-7-9-16(10-8-15)23-21(28)26-11-5-3-4-6-12-26/h7-10,13H,3-6,11-12H2,1-2H3,(H,22,27)(H,23,28). The molecule has 2 N–H and O–H groups in total. The molecule has 3 amide bonds. The maximum absolute atomic E-state index is 12.6. The van der Waals surface area contributed by atoms with Crippen LogP contribution in [0, 0.1) is 6.92 Å². The highest BCUT2D eigenvalue weighted by Gasteiger charge is 2.17. The van der Waals surface area contributed by atoms with Crippen molar-refractivity contribution in [3.05, 3.63) is 40.9 Å². The third kappa shape index (κ3) is 4.27. The van der Waals surface area contributed by atoms with Gasteiger partial charge in [-0.25, -0.2) is 4.79 Å². The zero-order valence-corrected chi connectivity index (χ0v) is 17.5. The maximum atomic E-state index is 12.6.